The molecule has 0 radical (unpaired) electrons. The van der Waals surface area contributed by atoms with Gasteiger partial charge in [0.2, 0.25) is 0 Å². The lowest BCUT2D eigenvalue weighted by Crippen LogP contribution is -1.92. The Bertz CT molecular complexity index is 726. The zero-order valence-electron chi connectivity index (χ0n) is 12.1. The number of aryl methyl sites for hydroxylation is 2. The SMILES string of the molecule is COc1ccc(-c2csc(Nc3c(C)n[nH]c3C)n2)cc1. The normalized spacial score (nSPS) is 10.6. The molecule has 0 unspecified atom stereocenters. The third-order valence-electron chi connectivity index (χ3n) is 3.25. The van der Waals surface area contributed by atoms with Crippen LogP contribution in [0.5, 0.6) is 5.75 Å². The molecule has 0 aliphatic rings. The summed E-state index contributed by atoms with van der Waals surface area (Å²) in [5.74, 6) is 0.844. The first kappa shape index (κ1) is 13.6. The molecule has 0 fully saturated rings. The second-order valence-electron chi connectivity index (χ2n) is 4.70. The summed E-state index contributed by atoms with van der Waals surface area (Å²) in [6, 6.07) is 7.89. The number of nitrogens with one attached hydrogen (secondary N) is 2. The van der Waals surface area contributed by atoms with E-state index < -0.39 is 0 Å². The monoisotopic (exact) mass is 300 g/mol. The van der Waals surface area contributed by atoms with Crippen LogP contribution in [-0.4, -0.2) is 22.3 Å². The standard InChI is InChI=1S/C15H16N4OS/c1-9-14(10(2)19-18-9)17-15-16-13(8-21-15)11-4-6-12(20-3)7-5-11/h4-8H,1-3H3,(H,16,17)(H,18,19). The van der Waals surface area contributed by atoms with Crippen LogP contribution in [0.1, 0.15) is 11.4 Å². The molecular weight excluding hydrogens is 284 g/mol. The molecule has 0 amide bonds. The first-order valence-electron chi connectivity index (χ1n) is 6.56. The number of H-pyrrole nitrogens is 1. The Morgan fingerprint density at radius 2 is 1.95 bits per heavy atom. The summed E-state index contributed by atoms with van der Waals surface area (Å²) in [5.41, 5.74) is 4.96. The van der Waals surface area contributed by atoms with E-state index in [0.717, 1.165) is 39.2 Å². The molecule has 1 aromatic carbocycles. The summed E-state index contributed by atoms with van der Waals surface area (Å²) in [5, 5.41) is 13.3. The zero-order valence-corrected chi connectivity index (χ0v) is 12.9. The lowest BCUT2D eigenvalue weighted by atomic mass is 10.2. The van der Waals surface area contributed by atoms with Crippen LogP contribution in [-0.2, 0) is 0 Å². The number of ether oxygens (including phenoxy) is 1. The van der Waals surface area contributed by atoms with E-state index >= 15 is 0 Å². The average Bonchev–Trinajstić information content (AvgIpc) is 3.10. The molecule has 0 bridgehead atoms. The van der Waals surface area contributed by atoms with Gasteiger partial charge in [-0.1, -0.05) is 0 Å². The number of nitrogens with zero attached hydrogens (tertiary/aromatic N) is 2. The maximum atomic E-state index is 5.17. The van der Waals surface area contributed by atoms with Gasteiger partial charge in [0.05, 0.1) is 29.9 Å². The minimum Gasteiger partial charge on any atom is -0.497 e. The van der Waals surface area contributed by atoms with E-state index in [0.29, 0.717) is 0 Å². The van der Waals surface area contributed by atoms with Crippen molar-refractivity contribution in [1.29, 1.82) is 0 Å². The molecule has 3 rings (SSSR count). The predicted octanol–water partition coefficient (Wildman–Crippen LogP) is 3.90. The number of benzene rings is 1. The van der Waals surface area contributed by atoms with Crippen molar-refractivity contribution in [2.45, 2.75) is 13.8 Å². The lowest BCUT2D eigenvalue weighted by Gasteiger charge is -2.02. The highest BCUT2D eigenvalue weighted by molar-refractivity contribution is 7.14. The molecular formula is C15H16N4OS. The Balaban J connectivity index is 1.82. The van der Waals surface area contributed by atoms with Crippen LogP contribution < -0.4 is 10.1 Å². The highest BCUT2D eigenvalue weighted by Crippen LogP contribution is 2.29. The third kappa shape index (κ3) is 2.75. The Morgan fingerprint density at radius 3 is 2.57 bits per heavy atom. The Kier molecular flexibility index (Phi) is 3.62. The van der Waals surface area contributed by atoms with E-state index in [1.165, 1.54) is 0 Å². The zero-order chi connectivity index (χ0) is 14.8. The molecule has 0 atom stereocenters. The van der Waals surface area contributed by atoms with Gasteiger partial charge in [0.25, 0.3) is 0 Å². The van der Waals surface area contributed by atoms with Crippen LogP contribution >= 0.6 is 11.3 Å². The van der Waals surface area contributed by atoms with Crippen LogP contribution in [0.25, 0.3) is 11.3 Å². The number of hydrogen-bond donors (Lipinski definition) is 2. The molecule has 0 aliphatic heterocycles. The molecule has 2 heterocycles. The van der Waals surface area contributed by atoms with E-state index in [1.54, 1.807) is 18.4 Å². The molecule has 6 heteroatoms. The minimum absolute atomic E-state index is 0.844. The maximum absolute atomic E-state index is 5.17. The molecule has 0 spiro atoms. The Hall–Kier alpha value is -2.34. The number of thiazole rings is 1. The number of anilines is 2. The molecule has 0 saturated carbocycles. The average molecular weight is 300 g/mol. The van der Waals surface area contributed by atoms with Crippen molar-refractivity contribution in [3.63, 3.8) is 0 Å². The van der Waals surface area contributed by atoms with Crippen molar-refractivity contribution in [1.82, 2.24) is 15.2 Å². The summed E-state index contributed by atoms with van der Waals surface area (Å²) >= 11 is 1.57. The maximum Gasteiger partial charge on any atom is 0.187 e. The van der Waals surface area contributed by atoms with Crippen LogP contribution in [0.4, 0.5) is 10.8 Å². The quantitative estimate of drug-likeness (QED) is 0.767. The van der Waals surface area contributed by atoms with Gasteiger partial charge in [-0.05, 0) is 38.1 Å². The number of methoxy groups -OCH3 is 1. The van der Waals surface area contributed by atoms with Gasteiger partial charge in [0.15, 0.2) is 5.13 Å². The van der Waals surface area contributed by atoms with E-state index in [4.69, 9.17) is 4.74 Å². The first-order valence-corrected chi connectivity index (χ1v) is 7.44. The summed E-state index contributed by atoms with van der Waals surface area (Å²) in [7, 11) is 1.66. The topological polar surface area (TPSA) is 62.8 Å². The van der Waals surface area contributed by atoms with Crippen LogP contribution in [0.15, 0.2) is 29.6 Å². The Labute approximate surface area is 127 Å². The van der Waals surface area contributed by atoms with Crippen LogP contribution in [0.3, 0.4) is 0 Å². The third-order valence-corrected chi connectivity index (χ3v) is 4.01. The van der Waals surface area contributed by atoms with Gasteiger partial charge in [0, 0.05) is 10.9 Å². The van der Waals surface area contributed by atoms with Crippen molar-refractivity contribution in [2.75, 3.05) is 12.4 Å². The highest BCUT2D eigenvalue weighted by atomic mass is 32.1. The summed E-state index contributed by atoms with van der Waals surface area (Å²) in [6.07, 6.45) is 0. The van der Waals surface area contributed by atoms with Crippen molar-refractivity contribution >= 4 is 22.2 Å². The fraction of sp³-hybridized carbons (Fsp3) is 0.200. The van der Waals surface area contributed by atoms with Crippen molar-refractivity contribution in [3.8, 4) is 17.0 Å². The van der Waals surface area contributed by atoms with E-state index in [-0.39, 0.29) is 0 Å². The van der Waals surface area contributed by atoms with Gasteiger partial charge >= 0.3 is 0 Å². The molecule has 0 aliphatic carbocycles. The molecule has 108 valence electrons. The fourth-order valence-electron chi connectivity index (χ4n) is 2.07. The largest absolute Gasteiger partial charge is 0.497 e. The number of hydrogen-bond acceptors (Lipinski definition) is 5. The molecule has 3 aromatic rings. The summed E-state index contributed by atoms with van der Waals surface area (Å²) in [4.78, 5) is 4.62. The minimum atomic E-state index is 0.844. The van der Waals surface area contributed by atoms with Crippen molar-refractivity contribution < 1.29 is 4.74 Å². The van der Waals surface area contributed by atoms with Crippen molar-refractivity contribution in [3.05, 3.63) is 41.0 Å². The molecule has 5 nitrogen and oxygen atoms in total. The molecule has 0 saturated heterocycles. The van der Waals surface area contributed by atoms with Gasteiger partial charge in [-0.25, -0.2) is 4.98 Å². The number of aromatic nitrogens is 3. The fourth-order valence-corrected chi connectivity index (χ4v) is 2.79. The molecule has 2 aromatic heterocycles. The van der Waals surface area contributed by atoms with Gasteiger partial charge < -0.3 is 10.1 Å². The van der Waals surface area contributed by atoms with E-state index in [9.17, 15) is 0 Å². The number of aromatic amines is 1. The molecule has 21 heavy (non-hydrogen) atoms. The first-order chi connectivity index (χ1) is 10.2. The lowest BCUT2D eigenvalue weighted by molar-refractivity contribution is 0.415. The second kappa shape index (κ2) is 5.57. The van der Waals surface area contributed by atoms with Gasteiger partial charge in [-0.3, -0.25) is 5.10 Å². The van der Waals surface area contributed by atoms with Gasteiger partial charge in [-0.15, -0.1) is 11.3 Å². The second-order valence-corrected chi connectivity index (χ2v) is 5.56. The van der Waals surface area contributed by atoms with Gasteiger partial charge in [-0.2, -0.15) is 5.10 Å². The highest BCUT2D eigenvalue weighted by Gasteiger charge is 2.10. The summed E-state index contributed by atoms with van der Waals surface area (Å²) < 4.78 is 5.17. The predicted molar refractivity (Wildman–Crippen MR) is 85.4 cm³/mol. The molecule has 2 N–H and O–H groups in total. The smallest absolute Gasteiger partial charge is 0.187 e. The van der Waals surface area contributed by atoms with Crippen molar-refractivity contribution in [2.24, 2.45) is 0 Å². The van der Waals surface area contributed by atoms with Gasteiger partial charge in [0.1, 0.15) is 5.75 Å². The van der Waals surface area contributed by atoms with Crippen LogP contribution in [0.2, 0.25) is 0 Å². The van der Waals surface area contributed by atoms with Crippen LogP contribution in [0, 0.1) is 13.8 Å². The Morgan fingerprint density at radius 1 is 1.19 bits per heavy atom. The number of rotatable bonds is 4. The summed E-state index contributed by atoms with van der Waals surface area (Å²) in [6.45, 7) is 3.95. The van der Waals surface area contributed by atoms with E-state index in [2.05, 4.69) is 20.5 Å². The van der Waals surface area contributed by atoms with E-state index in [1.807, 2.05) is 43.5 Å².